The van der Waals surface area contributed by atoms with Gasteiger partial charge in [-0.1, -0.05) is 11.8 Å². The van der Waals surface area contributed by atoms with Crippen molar-refractivity contribution in [1.29, 1.82) is 0 Å². The molecule has 4 rings (SSSR count). The third-order valence-corrected chi connectivity index (χ3v) is 9.20. The van der Waals surface area contributed by atoms with Crippen molar-refractivity contribution in [3.8, 4) is 17.2 Å². The van der Waals surface area contributed by atoms with Crippen LogP contribution >= 0.6 is 11.8 Å². The number of pyridine rings is 1. The molecule has 41 heavy (non-hydrogen) atoms. The molecule has 0 aliphatic rings. The van der Waals surface area contributed by atoms with Gasteiger partial charge >= 0.3 is 5.97 Å². The van der Waals surface area contributed by atoms with Gasteiger partial charge in [0.1, 0.15) is 23.9 Å². The molecule has 0 fully saturated rings. The van der Waals surface area contributed by atoms with Gasteiger partial charge in [0.15, 0.2) is 5.16 Å². The summed E-state index contributed by atoms with van der Waals surface area (Å²) in [7, 11) is -0.943. The number of aliphatic carboxylic acids is 1. The zero-order chi connectivity index (χ0) is 29.2. The van der Waals surface area contributed by atoms with E-state index in [1.807, 2.05) is 13.8 Å². The molecule has 0 unspecified atom stereocenters. The van der Waals surface area contributed by atoms with Crippen LogP contribution in [0.1, 0.15) is 30.7 Å². The van der Waals surface area contributed by atoms with Crippen molar-refractivity contribution < 1.29 is 32.5 Å². The van der Waals surface area contributed by atoms with Gasteiger partial charge in [-0.25, -0.2) is 17.4 Å². The van der Waals surface area contributed by atoms with Gasteiger partial charge in [-0.15, -0.1) is 0 Å². The number of aryl methyl sites for hydroxylation is 1. The van der Waals surface area contributed by atoms with Crippen molar-refractivity contribution in [3.63, 3.8) is 0 Å². The number of ether oxygens (including phenoxy) is 3. The fourth-order valence-corrected chi connectivity index (χ4v) is 6.69. The molecule has 10 nitrogen and oxygen atoms in total. The summed E-state index contributed by atoms with van der Waals surface area (Å²) < 4.78 is 45.6. The Hall–Kier alpha value is -3.17. The predicted octanol–water partition coefficient (Wildman–Crippen LogP) is 4.70. The Bertz CT molecular complexity index is 1670. The van der Waals surface area contributed by atoms with Crippen LogP contribution in [0.15, 0.2) is 58.7 Å². The van der Waals surface area contributed by atoms with Crippen LogP contribution in [0.25, 0.3) is 11.0 Å². The molecule has 1 radical (unpaired) electrons. The minimum Gasteiger partial charge on any atom is -0.497 e. The van der Waals surface area contributed by atoms with Crippen LogP contribution in [0, 0.1) is 19.3 Å². The first kappa shape index (κ1) is 32.3. The summed E-state index contributed by atoms with van der Waals surface area (Å²) >= 11 is 1.25. The van der Waals surface area contributed by atoms with Crippen LogP contribution in [0.5, 0.6) is 17.2 Å². The average molecular weight is 593 g/mol. The van der Waals surface area contributed by atoms with Crippen LogP contribution in [0.3, 0.4) is 0 Å². The Morgan fingerprint density at radius 2 is 1.71 bits per heavy atom. The largest absolute Gasteiger partial charge is 0.497 e. The summed E-state index contributed by atoms with van der Waals surface area (Å²) in [5, 5.41) is 9.57. The van der Waals surface area contributed by atoms with Crippen LogP contribution in [-0.4, -0.2) is 73.1 Å². The van der Waals surface area contributed by atoms with Crippen molar-refractivity contribution in [1.82, 2.24) is 13.9 Å². The molecule has 2 aromatic carbocycles. The zero-order valence-corrected chi connectivity index (χ0v) is 25.7. The van der Waals surface area contributed by atoms with Gasteiger partial charge < -0.3 is 19.3 Å². The third kappa shape index (κ3) is 6.67. The fraction of sp³-hybridized carbons (Fsp3) is 0.321. The first-order chi connectivity index (χ1) is 18.9. The SMILES string of the molecule is COc1ccc2c(c1)nc(SCc1ncc(C)c(OC)c1C)n2S(=O)(=O)c1ccc(OCC(C)(C)C(=O)O)cc1.[Li]. The van der Waals surface area contributed by atoms with Crippen LogP contribution in [0.2, 0.25) is 0 Å². The van der Waals surface area contributed by atoms with E-state index in [2.05, 4.69) is 9.97 Å². The second kappa shape index (κ2) is 12.8. The Balaban J connectivity index is 0.00000462. The first-order valence-electron chi connectivity index (χ1n) is 12.3. The molecule has 0 aliphatic carbocycles. The number of carboxylic acid groups (broad SMARTS) is 1. The summed E-state index contributed by atoms with van der Waals surface area (Å²) in [5.74, 6) is 1.03. The quantitative estimate of drug-likeness (QED) is 0.193. The molecular formula is C28H31LiN3O7S2. The number of thioether (sulfide) groups is 1. The molecule has 2 heterocycles. The number of benzene rings is 2. The fourth-order valence-electron chi connectivity index (χ4n) is 3.95. The molecule has 0 bridgehead atoms. The van der Waals surface area contributed by atoms with Gasteiger partial charge in [0.2, 0.25) is 0 Å². The predicted molar refractivity (Wildman–Crippen MR) is 158 cm³/mol. The molecule has 0 amide bonds. The Morgan fingerprint density at radius 3 is 2.32 bits per heavy atom. The maximum atomic E-state index is 13.9. The molecule has 2 aromatic heterocycles. The van der Waals surface area contributed by atoms with Gasteiger partial charge in [-0.05, 0) is 64.1 Å². The van der Waals surface area contributed by atoms with Gasteiger partial charge in [0.25, 0.3) is 10.0 Å². The molecule has 1 N–H and O–H groups in total. The molecule has 213 valence electrons. The summed E-state index contributed by atoms with van der Waals surface area (Å²) in [5.41, 5.74) is 2.32. The maximum Gasteiger partial charge on any atom is 0.312 e. The Kier molecular flexibility index (Phi) is 10.1. The number of hydrogen-bond acceptors (Lipinski definition) is 9. The van der Waals surface area contributed by atoms with Crippen molar-refractivity contribution in [3.05, 3.63) is 65.5 Å². The smallest absolute Gasteiger partial charge is 0.312 e. The topological polar surface area (TPSA) is 130 Å². The number of methoxy groups -OCH3 is 2. The van der Waals surface area contributed by atoms with E-state index >= 15 is 0 Å². The number of carboxylic acids is 1. The van der Waals surface area contributed by atoms with E-state index in [1.165, 1.54) is 47.1 Å². The van der Waals surface area contributed by atoms with Gasteiger partial charge in [-0.2, -0.15) is 0 Å². The number of hydrogen-bond donors (Lipinski definition) is 1. The molecule has 4 aromatic rings. The van der Waals surface area contributed by atoms with Crippen molar-refractivity contribution in [2.24, 2.45) is 5.41 Å². The normalized spacial score (nSPS) is 11.7. The average Bonchev–Trinajstić information content (AvgIpc) is 3.30. The van der Waals surface area contributed by atoms with E-state index in [-0.39, 0.29) is 35.5 Å². The number of aromatic nitrogens is 3. The second-order valence-electron chi connectivity index (χ2n) is 9.80. The number of nitrogens with zero attached hydrogens (tertiary/aromatic N) is 3. The summed E-state index contributed by atoms with van der Waals surface area (Å²) in [4.78, 5) is 20.6. The van der Waals surface area contributed by atoms with Crippen LogP contribution < -0.4 is 14.2 Å². The monoisotopic (exact) mass is 592 g/mol. The van der Waals surface area contributed by atoms with E-state index in [0.717, 1.165) is 22.6 Å². The molecule has 0 atom stereocenters. The third-order valence-electron chi connectivity index (χ3n) is 6.42. The van der Waals surface area contributed by atoms with E-state index in [9.17, 15) is 18.3 Å². The van der Waals surface area contributed by atoms with E-state index < -0.39 is 21.4 Å². The standard InChI is InChI=1S/C28H31N3O7S2.Li/c1-17-14-29-23(18(2)25(17)37-6)15-39-27-30-22-13-20(36-5)9-12-24(22)31(27)40(34,35)21-10-7-19(8-11-21)38-16-28(3,4)26(32)33;/h7-14H,15-16H2,1-6H3,(H,32,33);. The van der Waals surface area contributed by atoms with Crippen molar-refractivity contribution >= 4 is 57.6 Å². The number of imidazole rings is 1. The maximum absolute atomic E-state index is 13.9. The first-order valence-corrected chi connectivity index (χ1v) is 14.7. The summed E-state index contributed by atoms with van der Waals surface area (Å²) in [6.07, 6.45) is 1.73. The molecular weight excluding hydrogens is 561 g/mol. The molecule has 0 saturated carbocycles. The van der Waals surface area contributed by atoms with Crippen molar-refractivity contribution in [2.75, 3.05) is 20.8 Å². The molecule has 0 spiro atoms. The van der Waals surface area contributed by atoms with E-state index in [1.54, 1.807) is 45.4 Å². The number of carbonyl (C=O) groups is 1. The summed E-state index contributed by atoms with van der Waals surface area (Å²) in [6.45, 7) is 6.87. The van der Waals surface area contributed by atoms with Crippen LogP contribution in [-0.2, 0) is 20.6 Å². The Morgan fingerprint density at radius 1 is 1.05 bits per heavy atom. The second-order valence-corrected chi connectivity index (χ2v) is 12.5. The zero-order valence-electron chi connectivity index (χ0n) is 24.1. The van der Waals surface area contributed by atoms with E-state index in [4.69, 9.17) is 14.2 Å². The Labute approximate surface area is 255 Å². The van der Waals surface area contributed by atoms with E-state index in [0.29, 0.717) is 28.3 Å². The summed E-state index contributed by atoms with van der Waals surface area (Å²) in [6, 6.07) is 10.9. The van der Waals surface area contributed by atoms with Gasteiger partial charge in [0.05, 0.1) is 41.3 Å². The molecule has 0 saturated heterocycles. The van der Waals surface area contributed by atoms with Crippen molar-refractivity contribution in [2.45, 2.75) is 43.5 Å². The number of rotatable bonds is 11. The van der Waals surface area contributed by atoms with Gasteiger partial charge in [0, 0.05) is 48.0 Å². The molecule has 0 aliphatic heterocycles. The molecule has 13 heteroatoms. The minimum atomic E-state index is -4.08. The van der Waals surface area contributed by atoms with Gasteiger partial charge in [-0.3, -0.25) is 9.78 Å². The number of fused-ring (bicyclic) bond motifs is 1. The van der Waals surface area contributed by atoms with Crippen LogP contribution in [0.4, 0.5) is 0 Å². The minimum absolute atomic E-state index is 0.